The second-order valence-electron chi connectivity index (χ2n) is 12.1. The number of alkyl carbamates (subject to hydrolysis) is 1. The number of nitrogens with zero attached hydrogens (tertiary/aromatic N) is 1. The van der Waals surface area contributed by atoms with Gasteiger partial charge in [0.1, 0.15) is 32.4 Å². The van der Waals surface area contributed by atoms with Crippen LogP contribution in [-0.4, -0.2) is 76.3 Å². The Balaban J connectivity index is 1.35. The molecule has 3 aromatic carbocycles. The molecule has 2 aliphatic rings. The highest BCUT2D eigenvalue weighted by Gasteiger charge is 2.38. The molecule has 1 saturated carbocycles. The van der Waals surface area contributed by atoms with Gasteiger partial charge in [-0.25, -0.2) is 4.79 Å². The molecule has 0 spiro atoms. The summed E-state index contributed by atoms with van der Waals surface area (Å²) in [5.74, 6) is 1.02. The van der Waals surface area contributed by atoms with Crippen molar-refractivity contribution in [1.29, 1.82) is 0 Å². The van der Waals surface area contributed by atoms with E-state index in [2.05, 4.69) is 10.6 Å². The van der Waals surface area contributed by atoms with Gasteiger partial charge in [0.25, 0.3) is 5.91 Å². The molecule has 13 heteroatoms. The van der Waals surface area contributed by atoms with Crippen LogP contribution in [-0.2, 0) is 32.2 Å². The Morgan fingerprint density at radius 1 is 0.960 bits per heavy atom. The summed E-state index contributed by atoms with van der Waals surface area (Å²) in [6.07, 6.45) is 1.94. The van der Waals surface area contributed by atoms with E-state index in [1.807, 2.05) is 48.2 Å². The van der Waals surface area contributed by atoms with Crippen LogP contribution in [0.15, 0.2) is 60.2 Å². The Hall–Kier alpha value is -3.51. The number of carbonyl (C=O) groups excluding carboxylic acids is 2. The minimum Gasteiger partial charge on any atom is -0.490 e. The molecule has 3 aromatic rings. The molecule has 0 unspecified atom stereocenters. The smallest absolute Gasteiger partial charge is 0.407 e. The molecule has 268 valence electrons. The lowest BCUT2D eigenvalue weighted by Crippen LogP contribution is -2.47. The fourth-order valence-electron chi connectivity index (χ4n) is 5.82. The molecule has 1 aliphatic carbocycles. The number of methoxy groups -OCH3 is 1. The Kier molecular flexibility index (Phi) is 13.7. The molecule has 1 fully saturated rings. The quantitative estimate of drug-likeness (QED) is 0.117. The molecule has 1 heterocycles. The second kappa shape index (κ2) is 18.1. The third kappa shape index (κ3) is 10.1. The number of ether oxygens (including phenoxy) is 5. The normalized spacial score (nSPS) is 15.8. The first-order valence-corrected chi connectivity index (χ1v) is 17.6. The third-order valence-electron chi connectivity index (χ3n) is 8.37. The van der Waals surface area contributed by atoms with Crippen LogP contribution in [0.2, 0.25) is 15.1 Å². The highest BCUT2D eigenvalue weighted by Crippen LogP contribution is 2.37. The van der Waals surface area contributed by atoms with Gasteiger partial charge in [-0.1, -0.05) is 53.0 Å². The van der Waals surface area contributed by atoms with Crippen molar-refractivity contribution >= 4 is 52.4 Å². The Labute approximate surface area is 307 Å². The van der Waals surface area contributed by atoms with Crippen molar-refractivity contribution in [2.45, 2.75) is 51.4 Å². The van der Waals surface area contributed by atoms with E-state index >= 15 is 0 Å². The summed E-state index contributed by atoms with van der Waals surface area (Å²) in [7, 11) is 3.07. The fourth-order valence-corrected chi connectivity index (χ4v) is 6.70. The fraction of sp³-hybridized carbons (Fsp3) is 0.405. The molecule has 10 nitrogen and oxygen atoms in total. The maximum absolute atomic E-state index is 14.6. The summed E-state index contributed by atoms with van der Waals surface area (Å²) in [5.41, 5.74) is 5.03. The van der Waals surface area contributed by atoms with Gasteiger partial charge in [-0.05, 0) is 97.0 Å². The van der Waals surface area contributed by atoms with E-state index in [1.165, 1.54) is 7.05 Å². The number of rotatable bonds is 16. The van der Waals surface area contributed by atoms with Crippen LogP contribution in [0, 0.1) is 6.92 Å². The Morgan fingerprint density at radius 2 is 1.68 bits per heavy atom. The number of carbonyl (C=O) groups is 2. The molecule has 5 rings (SSSR count). The van der Waals surface area contributed by atoms with Gasteiger partial charge in [0.2, 0.25) is 0 Å². The molecule has 2 amide bonds. The third-order valence-corrected chi connectivity index (χ3v) is 9.30. The summed E-state index contributed by atoms with van der Waals surface area (Å²) in [6.45, 7) is 3.90. The van der Waals surface area contributed by atoms with Crippen LogP contribution in [0.3, 0.4) is 0 Å². The van der Waals surface area contributed by atoms with Crippen molar-refractivity contribution in [2.24, 2.45) is 0 Å². The van der Waals surface area contributed by atoms with Crippen molar-refractivity contribution in [3.8, 4) is 11.5 Å². The van der Waals surface area contributed by atoms with E-state index in [-0.39, 0.29) is 51.2 Å². The topological polar surface area (TPSA) is 108 Å². The average molecular weight is 747 g/mol. The Morgan fingerprint density at radius 3 is 2.36 bits per heavy atom. The van der Waals surface area contributed by atoms with Crippen LogP contribution in [0.25, 0.3) is 5.57 Å². The van der Waals surface area contributed by atoms with Crippen LogP contribution in [0.5, 0.6) is 11.5 Å². The standard InChI is InChI=1S/C37H42Cl3N3O7/c1-23-16-31(39)35(32(40)17-23)49-15-14-48-28-9-5-25(6-10-28)29-12-13-42-33(21-47-22-46-3)34(29)36(44)43(27-7-8-27)19-26-18-24(4-11-30(26)38)20-50-37(45)41-2/h4-6,9-11,16-18,27,33,42H,7-8,12-15,19-22H2,1-3H3,(H,41,45)/t33-/m1/s1. The van der Waals surface area contributed by atoms with Gasteiger partial charge in [0, 0.05) is 37.3 Å². The number of aryl methyl sites for hydroxylation is 1. The van der Waals surface area contributed by atoms with Crippen molar-refractivity contribution in [3.63, 3.8) is 0 Å². The molecular formula is C37H42Cl3N3O7. The van der Waals surface area contributed by atoms with E-state index < -0.39 is 6.09 Å². The summed E-state index contributed by atoms with van der Waals surface area (Å²) < 4.78 is 27.9. The first kappa shape index (κ1) is 37.7. The van der Waals surface area contributed by atoms with E-state index in [4.69, 9.17) is 58.5 Å². The zero-order chi connectivity index (χ0) is 35.6. The maximum atomic E-state index is 14.6. The molecule has 2 N–H and O–H groups in total. The van der Waals surface area contributed by atoms with Gasteiger partial charge in [-0.3, -0.25) is 4.79 Å². The molecule has 1 atom stereocenters. The molecule has 0 bridgehead atoms. The lowest BCUT2D eigenvalue weighted by atomic mass is 9.88. The van der Waals surface area contributed by atoms with Crippen molar-refractivity contribution in [2.75, 3.05) is 47.3 Å². The first-order chi connectivity index (χ1) is 24.2. The molecule has 50 heavy (non-hydrogen) atoms. The van der Waals surface area contributed by atoms with E-state index in [0.717, 1.165) is 40.7 Å². The largest absolute Gasteiger partial charge is 0.490 e. The number of amides is 2. The summed E-state index contributed by atoms with van der Waals surface area (Å²) >= 11 is 19.2. The SMILES string of the molecule is CNC(=O)OCc1ccc(Cl)c(CN(C(=O)C2=C(c3ccc(OCCOc4c(Cl)cc(C)cc4Cl)cc3)CCN[C@@H]2COCOC)C2CC2)c1. The van der Waals surface area contributed by atoms with Crippen molar-refractivity contribution in [3.05, 3.63) is 97.5 Å². The summed E-state index contributed by atoms with van der Waals surface area (Å²) in [5, 5.41) is 7.37. The number of hydrogen-bond acceptors (Lipinski definition) is 8. The van der Waals surface area contributed by atoms with Gasteiger partial charge in [-0.2, -0.15) is 0 Å². The average Bonchev–Trinajstić information content (AvgIpc) is 3.95. The summed E-state index contributed by atoms with van der Waals surface area (Å²) in [6, 6.07) is 16.5. The second-order valence-corrected chi connectivity index (χ2v) is 13.3. The van der Waals surface area contributed by atoms with Gasteiger partial charge in [-0.15, -0.1) is 0 Å². The van der Waals surface area contributed by atoms with Crippen molar-refractivity contribution < 1.29 is 33.3 Å². The van der Waals surface area contributed by atoms with E-state index in [9.17, 15) is 9.59 Å². The highest BCUT2D eigenvalue weighted by molar-refractivity contribution is 6.37. The predicted molar refractivity (Wildman–Crippen MR) is 194 cm³/mol. The number of nitrogens with one attached hydrogen (secondary N) is 2. The molecule has 0 radical (unpaired) electrons. The number of benzene rings is 3. The van der Waals surface area contributed by atoms with E-state index in [1.54, 1.807) is 25.3 Å². The monoisotopic (exact) mass is 745 g/mol. The van der Waals surface area contributed by atoms with E-state index in [0.29, 0.717) is 51.7 Å². The minimum absolute atomic E-state index is 0.0744. The molecule has 0 aromatic heterocycles. The zero-order valence-electron chi connectivity index (χ0n) is 28.4. The summed E-state index contributed by atoms with van der Waals surface area (Å²) in [4.78, 5) is 28.2. The molecule has 0 saturated heterocycles. The lowest BCUT2D eigenvalue weighted by Gasteiger charge is -2.33. The lowest BCUT2D eigenvalue weighted by molar-refractivity contribution is -0.129. The van der Waals surface area contributed by atoms with Gasteiger partial charge in [0.05, 0.1) is 22.7 Å². The number of hydrogen-bond donors (Lipinski definition) is 2. The zero-order valence-corrected chi connectivity index (χ0v) is 30.6. The van der Waals surface area contributed by atoms with Crippen LogP contribution in [0.1, 0.15) is 41.5 Å². The van der Waals surface area contributed by atoms with Gasteiger partial charge < -0.3 is 39.2 Å². The van der Waals surface area contributed by atoms with Crippen LogP contribution >= 0.6 is 34.8 Å². The van der Waals surface area contributed by atoms with Gasteiger partial charge in [0.15, 0.2) is 5.75 Å². The van der Waals surface area contributed by atoms with Crippen LogP contribution < -0.4 is 20.1 Å². The minimum atomic E-state index is -0.523. The predicted octanol–water partition coefficient (Wildman–Crippen LogP) is 7.20. The molecule has 1 aliphatic heterocycles. The van der Waals surface area contributed by atoms with Gasteiger partial charge >= 0.3 is 6.09 Å². The van der Waals surface area contributed by atoms with Crippen molar-refractivity contribution in [1.82, 2.24) is 15.5 Å². The molecular weight excluding hydrogens is 705 g/mol. The maximum Gasteiger partial charge on any atom is 0.407 e. The first-order valence-electron chi connectivity index (χ1n) is 16.5. The van der Waals surface area contributed by atoms with Crippen LogP contribution in [0.4, 0.5) is 4.79 Å². The highest BCUT2D eigenvalue weighted by atomic mass is 35.5. The number of halogens is 3. The Bertz CT molecular complexity index is 1660.